The Hall–Kier alpha value is -3.07. The Bertz CT molecular complexity index is 1100. The summed E-state index contributed by atoms with van der Waals surface area (Å²) >= 11 is 6.50. The van der Waals surface area contributed by atoms with Gasteiger partial charge in [0.05, 0.1) is 17.6 Å². The molecule has 0 bridgehead atoms. The topological polar surface area (TPSA) is 73.4 Å². The zero-order valence-electron chi connectivity index (χ0n) is 17.0. The predicted octanol–water partition coefficient (Wildman–Crippen LogP) is 4.31. The van der Waals surface area contributed by atoms with Gasteiger partial charge in [0.25, 0.3) is 0 Å². The second kappa shape index (κ2) is 7.98. The van der Waals surface area contributed by atoms with Crippen LogP contribution in [-0.4, -0.2) is 29.9 Å². The van der Waals surface area contributed by atoms with Gasteiger partial charge in [-0.25, -0.2) is 5.01 Å². The van der Waals surface area contributed by atoms with Gasteiger partial charge < -0.3 is 5.73 Å². The first-order valence-corrected chi connectivity index (χ1v) is 10.2. The molecule has 2 aromatic rings. The Kier molecular flexibility index (Phi) is 5.38. The number of nitriles is 1. The molecule has 0 saturated heterocycles. The van der Waals surface area contributed by atoms with Crippen LogP contribution in [0.5, 0.6) is 0 Å². The molecular formula is C24H23ClN4O. The third-order valence-corrected chi connectivity index (χ3v) is 6.17. The number of hydrazine groups is 1. The van der Waals surface area contributed by atoms with Crippen LogP contribution in [0.15, 0.2) is 77.3 Å². The normalized spacial score (nSPS) is 21.7. The number of rotatable bonds is 3. The maximum atomic E-state index is 13.5. The molecule has 0 spiro atoms. The number of nitrogens with two attached hydrogens (primary N) is 1. The number of allylic oxidation sites excluding steroid dienone is 3. The number of halogens is 1. The average molecular weight is 419 g/mol. The smallest absolute Gasteiger partial charge is 0.162 e. The molecule has 2 N–H and O–H groups in total. The number of Topliss-reactive ketones (excluding diaryl/α,β-unsaturated/α-hetero) is 1. The van der Waals surface area contributed by atoms with Crippen molar-refractivity contribution in [3.63, 3.8) is 0 Å². The van der Waals surface area contributed by atoms with Crippen molar-refractivity contribution in [3.05, 3.63) is 93.4 Å². The number of carbonyl (C=O) groups is 1. The van der Waals surface area contributed by atoms with Crippen molar-refractivity contribution >= 4 is 17.4 Å². The third-order valence-electron chi connectivity index (χ3n) is 5.83. The van der Waals surface area contributed by atoms with E-state index in [4.69, 9.17) is 17.3 Å². The first-order chi connectivity index (χ1) is 14.4. The molecule has 5 nitrogen and oxygen atoms in total. The molecule has 0 fully saturated rings. The van der Waals surface area contributed by atoms with Gasteiger partial charge >= 0.3 is 0 Å². The van der Waals surface area contributed by atoms with Gasteiger partial charge in [-0.1, -0.05) is 60.1 Å². The Balaban J connectivity index is 1.92. The molecule has 0 aromatic heterocycles. The van der Waals surface area contributed by atoms with E-state index in [1.54, 1.807) is 11.1 Å². The minimum atomic E-state index is -0.556. The van der Waals surface area contributed by atoms with Crippen molar-refractivity contribution in [1.29, 1.82) is 5.26 Å². The van der Waals surface area contributed by atoms with E-state index in [-0.39, 0.29) is 11.7 Å². The summed E-state index contributed by atoms with van der Waals surface area (Å²) in [6, 6.07) is 19.7. The van der Waals surface area contributed by atoms with E-state index < -0.39 is 5.92 Å². The van der Waals surface area contributed by atoms with Gasteiger partial charge in [0.1, 0.15) is 5.82 Å². The monoisotopic (exact) mass is 418 g/mol. The van der Waals surface area contributed by atoms with Crippen LogP contribution in [0.3, 0.4) is 0 Å². The average Bonchev–Trinajstić information content (AvgIpc) is 2.73. The molecule has 152 valence electrons. The Morgan fingerprint density at radius 2 is 1.77 bits per heavy atom. The largest absolute Gasteiger partial charge is 0.383 e. The molecular weight excluding hydrogens is 396 g/mol. The third kappa shape index (κ3) is 3.28. The molecule has 30 heavy (non-hydrogen) atoms. The van der Waals surface area contributed by atoms with E-state index in [0.29, 0.717) is 34.8 Å². The number of ketones is 1. The van der Waals surface area contributed by atoms with Crippen LogP contribution in [0.25, 0.3) is 0 Å². The fourth-order valence-corrected chi connectivity index (χ4v) is 4.79. The predicted molar refractivity (Wildman–Crippen MR) is 117 cm³/mol. The van der Waals surface area contributed by atoms with Gasteiger partial charge in [0.2, 0.25) is 0 Å². The molecule has 4 rings (SSSR count). The quantitative estimate of drug-likeness (QED) is 0.803. The maximum Gasteiger partial charge on any atom is 0.162 e. The lowest BCUT2D eigenvalue weighted by Gasteiger charge is -2.44. The second-order valence-corrected chi connectivity index (χ2v) is 8.23. The molecule has 0 unspecified atom stereocenters. The zero-order valence-corrected chi connectivity index (χ0v) is 17.7. The maximum absolute atomic E-state index is 13.5. The highest BCUT2D eigenvalue weighted by Crippen LogP contribution is 2.49. The molecule has 1 aliphatic heterocycles. The van der Waals surface area contributed by atoms with Crippen LogP contribution in [0.2, 0.25) is 5.02 Å². The fraction of sp³-hybridized carbons (Fsp3) is 0.250. The summed E-state index contributed by atoms with van der Waals surface area (Å²) < 4.78 is 0. The highest BCUT2D eigenvalue weighted by molar-refractivity contribution is 6.31. The van der Waals surface area contributed by atoms with Crippen LogP contribution in [0.1, 0.15) is 35.8 Å². The van der Waals surface area contributed by atoms with E-state index in [9.17, 15) is 10.1 Å². The highest BCUT2D eigenvalue weighted by atomic mass is 35.5. The van der Waals surface area contributed by atoms with Crippen molar-refractivity contribution < 1.29 is 4.79 Å². The molecule has 0 radical (unpaired) electrons. The van der Waals surface area contributed by atoms with Gasteiger partial charge in [0.15, 0.2) is 5.78 Å². The minimum absolute atomic E-state index is 0.0297. The molecule has 2 aliphatic rings. The lowest BCUT2D eigenvalue weighted by molar-refractivity contribution is -0.117. The summed E-state index contributed by atoms with van der Waals surface area (Å²) in [7, 11) is 3.72. The number of hydrogen-bond donors (Lipinski definition) is 1. The fourth-order valence-electron chi connectivity index (χ4n) is 4.55. The summed E-state index contributed by atoms with van der Waals surface area (Å²) in [5, 5.41) is 14.1. The van der Waals surface area contributed by atoms with Crippen molar-refractivity contribution in [2.24, 2.45) is 5.73 Å². The molecule has 2 aromatic carbocycles. The SMILES string of the molecule is CN(C)N1C(N)=C(C#N)[C@@H](c2ccccc2Cl)C2=C1C[C@@H](c1ccccc1)CC2=O. The molecule has 2 atom stereocenters. The minimum Gasteiger partial charge on any atom is -0.383 e. The van der Waals surface area contributed by atoms with E-state index >= 15 is 0 Å². The van der Waals surface area contributed by atoms with Crippen LogP contribution in [-0.2, 0) is 4.79 Å². The molecule has 0 saturated carbocycles. The van der Waals surface area contributed by atoms with Crippen LogP contribution in [0.4, 0.5) is 0 Å². The van der Waals surface area contributed by atoms with Crippen LogP contribution >= 0.6 is 11.6 Å². The standard InChI is InChI=1S/C24H23ClN4O/c1-28(2)29-20-12-16(15-8-4-3-5-9-15)13-21(30)23(20)22(18(14-26)24(29)27)17-10-6-7-11-19(17)25/h3-11,16,22H,12-13,27H2,1-2H3/t16-,22-/m1/s1. The van der Waals surface area contributed by atoms with Crippen molar-refractivity contribution in [2.45, 2.75) is 24.7 Å². The Morgan fingerprint density at radius 3 is 2.40 bits per heavy atom. The lowest BCUT2D eigenvalue weighted by atomic mass is 9.72. The zero-order chi connectivity index (χ0) is 21.4. The van der Waals surface area contributed by atoms with Gasteiger partial charge in [-0.2, -0.15) is 5.26 Å². The van der Waals surface area contributed by atoms with Gasteiger partial charge in [-0.3, -0.25) is 9.80 Å². The molecule has 0 amide bonds. The summed E-state index contributed by atoms with van der Waals surface area (Å²) in [4.78, 5) is 13.5. The van der Waals surface area contributed by atoms with Crippen molar-refractivity contribution in [3.8, 4) is 6.07 Å². The summed E-state index contributed by atoms with van der Waals surface area (Å²) in [5.74, 6) is -0.128. The summed E-state index contributed by atoms with van der Waals surface area (Å²) in [5.41, 5.74) is 10.2. The Labute approximate surface area is 181 Å². The Morgan fingerprint density at radius 1 is 1.10 bits per heavy atom. The second-order valence-electron chi connectivity index (χ2n) is 7.82. The van der Waals surface area contributed by atoms with E-state index in [1.807, 2.05) is 55.5 Å². The molecule has 1 aliphatic carbocycles. The number of carbonyl (C=O) groups excluding carboxylic acids is 1. The van der Waals surface area contributed by atoms with Crippen LogP contribution in [0, 0.1) is 11.3 Å². The van der Waals surface area contributed by atoms with Crippen molar-refractivity contribution in [1.82, 2.24) is 10.0 Å². The molecule has 1 heterocycles. The summed E-state index contributed by atoms with van der Waals surface area (Å²) in [6.45, 7) is 0. The highest BCUT2D eigenvalue weighted by Gasteiger charge is 2.43. The number of benzene rings is 2. The molecule has 6 heteroatoms. The van der Waals surface area contributed by atoms with Crippen molar-refractivity contribution in [2.75, 3.05) is 14.1 Å². The number of hydrogen-bond acceptors (Lipinski definition) is 5. The lowest BCUT2D eigenvalue weighted by Crippen LogP contribution is -2.46. The van der Waals surface area contributed by atoms with Gasteiger partial charge in [0, 0.05) is 36.8 Å². The first kappa shape index (κ1) is 20.2. The summed E-state index contributed by atoms with van der Waals surface area (Å²) in [6.07, 6.45) is 1.05. The first-order valence-electron chi connectivity index (χ1n) is 9.86. The van der Waals surface area contributed by atoms with Crippen LogP contribution < -0.4 is 5.73 Å². The van der Waals surface area contributed by atoms with E-state index in [2.05, 4.69) is 18.2 Å². The number of nitrogens with zero attached hydrogens (tertiary/aromatic N) is 3. The van der Waals surface area contributed by atoms with Gasteiger partial charge in [-0.15, -0.1) is 0 Å². The van der Waals surface area contributed by atoms with Gasteiger partial charge in [-0.05, 0) is 29.5 Å². The van der Waals surface area contributed by atoms with E-state index in [0.717, 1.165) is 16.8 Å². The van der Waals surface area contributed by atoms with E-state index in [1.165, 1.54) is 0 Å².